The Balaban J connectivity index is 2.10. The van der Waals surface area contributed by atoms with Gasteiger partial charge in [0.05, 0.1) is 0 Å². The Morgan fingerprint density at radius 1 is 0.864 bits per heavy atom. The quantitative estimate of drug-likeness (QED) is 0.556. The molecule has 0 aliphatic rings. The molecule has 0 unspecified atom stereocenters. The first kappa shape index (κ1) is 13.1. The summed E-state index contributed by atoms with van der Waals surface area (Å²) in [5, 5.41) is 21.2. The van der Waals surface area contributed by atoms with Crippen molar-refractivity contribution in [2.45, 2.75) is 0 Å². The third-order valence-electron chi connectivity index (χ3n) is 3.80. The van der Waals surface area contributed by atoms with E-state index in [4.69, 9.17) is 4.42 Å². The lowest BCUT2D eigenvalue weighted by atomic mass is 9.77. The molecule has 2 aromatic heterocycles. The van der Waals surface area contributed by atoms with Gasteiger partial charge in [-0.3, -0.25) is 4.98 Å². The van der Waals surface area contributed by atoms with Crippen molar-refractivity contribution in [2.75, 3.05) is 0 Å². The first-order valence-corrected chi connectivity index (χ1v) is 6.96. The van der Waals surface area contributed by atoms with Crippen LogP contribution in [-0.2, 0) is 0 Å². The van der Waals surface area contributed by atoms with E-state index in [1.54, 1.807) is 18.5 Å². The topological polar surface area (TPSA) is 66.5 Å². The summed E-state index contributed by atoms with van der Waals surface area (Å²) in [5.41, 5.74) is 3.45. The molecule has 4 nitrogen and oxygen atoms in total. The minimum Gasteiger partial charge on any atom is -0.456 e. The molecule has 2 N–H and O–H groups in total. The molecule has 2 heterocycles. The summed E-state index contributed by atoms with van der Waals surface area (Å²) in [6, 6.07) is 15.2. The average Bonchev–Trinajstić information content (AvgIpc) is 2.93. The Bertz CT molecular complexity index is 964. The maximum absolute atomic E-state index is 9.70. The molecule has 4 aromatic rings. The average molecular weight is 289 g/mol. The molecule has 4 rings (SSSR count). The number of pyridine rings is 1. The van der Waals surface area contributed by atoms with Gasteiger partial charge in [-0.15, -0.1) is 0 Å². The van der Waals surface area contributed by atoms with Crippen LogP contribution < -0.4 is 5.46 Å². The van der Waals surface area contributed by atoms with Gasteiger partial charge in [0.2, 0.25) is 0 Å². The number of para-hydroxylation sites is 1. The first-order chi connectivity index (χ1) is 10.7. The third-order valence-corrected chi connectivity index (χ3v) is 3.80. The SMILES string of the molecule is OB(O)c1cc(-c2ccncc2)cc2c1oc1ccccc12. The minimum absolute atomic E-state index is 0.362. The lowest BCUT2D eigenvalue weighted by Crippen LogP contribution is -2.30. The van der Waals surface area contributed by atoms with Gasteiger partial charge in [-0.05, 0) is 35.4 Å². The van der Waals surface area contributed by atoms with Crippen LogP contribution in [0.25, 0.3) is 33.1 Å². The van der Waals surface area contributed by atoms with Crippen LogP contribution in [0.2, 0.25) is 0 Å². The van der Waals surface area contributed by atoms with E-state index in [2.05, 4.69) is 4.98 Å². The summed E-state index contributed by atoms with van der Waals surface area (Å²) in [6.07, 6.45) is 3.42. The van der Waals surface area contributed by atoms with Crippen molar-refractivity contribution in [3.05, 3.63) is 60.9 Å². The zero-order chi connectivity index (χ0) is 15.1. The summed E-state index contributed by atoms with van der Waals surface area (Å²) < 4.78 is 5.80. The number of nitrogens with zero attached hydrogens (tertiary/aromatic N) is 1. The second-order valence-corrected chi connectivity index (χ2v) is 5.15. The van der Waals surface area contributed by atoms with Crippen LogP contribution in [0, 0.1) is 0 Å². The fourth-order valence-corrected chi connectivity index (χ4v) is 2.76. The Morgan fingerprint density at radius 3 is 2.41 bits per heavy atom. The Labute approximate surface area is 126 Å². The maximum atomic E-state index is 9.70. The van der Waals surface area contributed by atoms with Gasteiger partial charge in [0.15, 0.2) is 0 Å². The smallest absolute Gasteiger partial charge is 0.456 e. The van der Waals surface area contributed by atoms with Crippen molar-refractivity contribution >= 4 is 34.5 Å². The number of furan rings is 1. The van der Waals surface area contributed by atoms with Crippen LogP contribution in [0.1, 0.15) is 0 Å². The highest BCUT2D eigenvalue weighted by Crippen LogP contribution is 2.31. The van der Waals surface area contributed by atoms with E-state index in [0.717, 1.165) is 27.5 Å². The standard InChI is InChI=1S/C17H12BNO3/c20-18(21)15-10-12(11-5-7-19-8-6-11)9-14-13-3-1-2-4-16(13)22-17(14)15/h1-10,20-21H. The van der Waals surface area contributed by atoms with E-state index in [0.29, 0.717) is 11.0 Å². The molecule has 0 fully saturated rings. The zero-order valence-electron chi connectivity index (χ0n) is 11.6. The summed E-state index contributed by atoms with van der Waals surface area (Å²) in [4.78, 5) is 4.01. The fourth-order valence-electron chi connectivity index (χ4n) is 2.76. The van der Waals surface area contributed by atoms with Gasteiger partial charge < -0.3 is 14.5 Å². The van der Waals surface area contributed by atoms with Crippen molar-refractivity contribution in [1.29, 1.82) is 0 Å². The van der Waals surface area contributed by atoms with Crippen molar-refractivity contribution in [1.82, 2.24) is 4.98 Å². The second kappa shape index (κ2) is 4.98. The normalized spacial score (nSPS) is 11.2. The van der Waals surface area contributed by atoms with Crippen LogP contribution in [0.5, 0.6) is 0 Å². The highest BCUT2D eigenvalue weighted by Gasteiger charge is 2.21. The Kier molecular flexibility index (Phi) is 2.96. The minimum atomic E-state index is -1.59. The van der Waals surface area contributed by atoms with Crippen molar-refractivity contribution in [2.24, 2.45) is 0 Å². The van der Waals surface area contributed by atoms with E-state index in [-0.39, 0.29) is 0 Å². The molecule has 0 spiro atoms. The van der Waals surface area contributed by atoms with Crippen LogP contribution in [0.15, 0.2) is 65.3 Å². The van der Waals surface area contributed by atoms with Gasteiger partial charge in [-0.2, -0.15) is 0 Å². The van der Waals surface area contributed by atoms with E-state index in [1.807, 2.05) is 42.5 Å². The molecule has 5 heteroatoms. The van der Waals surface area contributed by atoms with Gasteiger partial charge in [0, 0.05) is 28.6 Å². The van der Waals surface area contributed by atoms with Crippen LogP contribution >= 0.6 is 0 Å². The Hall–Kier alpha value is -2.63. The summed E-state index contributed by atoms with van der Waals surface area (Å²) in [7, 11) is -1.59. The van der Waals surface area contributed by atoms with Gasteiger partial charge in [0.25, 0.3) is 0 Å². The van der Waals surface area contributed by atoms with Crippen molar-refractivity contribution < 1.29 is 14.5 Å². The van der Waals surface area contributed by atoms with Gasteiger partial charge in [0.1, 0.15) is 11.2 Å². The largest absolute Gasteiger partial charge is 0.492 e. The van der Waals surface area contributed by atoms with Crippen LogP contribution in [0.4, 0.5) is 0 Å². The summed E-state index contributed by atoms with van der Waals surface area (Å²) in [6.45, 7) is 0. The van der Waals surface area contributed by atoms with Crippen molar-refractivity contribution in [3.8, 4) is 11.1 Å². The third kappa shape index (κ3) is 1.99. The second-order valence-electron chi connectivity index (χ2n) is 5.15. The molecule has 106 valence electrons. The maximum Gasteiger partial charge on any atom is 0.492 e. The molecule has 0 amide bonds. The molecule has 22 heavy (non-hydrogen) atoms. The van der Waals surface area contributed by atoms with E-state index in [9.17, 15) is 10.0 Å². The summed E-state index contributed by atoms with van der Waals surface area (Å²) in [5.74, 6) is 0. The molecule has 0 aliphatic heterocycles. The number of benzene rings is 2. The molecule has 0 bridgehead atoms. The summed E-state index contributed by atoms with van der Waals surface area (Å²) >= 11 is 0. The van der Waals surface area contributed by atoms with E-state index >= 15 is 0 Å². The predicted molar refractivity (Wildman–Crippen MR) is 86.8 cm³/mol. The lowest BCUT2D eigenvalue weighted by molar-refractivity contribution is 0.425. The van der Waals surface area contributed by atoms with Crippen LogP contribution in [0.3, 0.4) is 0 Å². The molecule has 0 radical (unpaired) electrons. The first-order valence-electron chi connectivity index (χ1n) is 6.96. The molecule has 0 saturated heterocycles. The molecule has 0 atom stereocenters. The number of aromatic nitrogens is 1. The predicted octanol–water partition coefficient (Wildman–Crippen LogP) is 2.33. The lowest BCUT2D eigenvalue weighted by Gasteiger charge is -2.06. The van der Waals surface area contributed by atoms with E-state index in [1.165, 1.54) is 0 Å². The molecular weight excluding hydrogens is 277 g/mol. The number of fused-ring (bicyclic) bond motifs is 3. The van der Waals surface area contributed by atoms with E-state index < -0.39 is 7.12 Å². The van der Waals surface area contributed by atoms with Crippen LogP contribution in [-0.4, -0.2) is 22.2 Å². The number of hydrogen-bond acceptors (Lipinski definition) is 4. The van der Waals surface area contributed by atoms with Gasteiger partial charge in [-0.1, -0.05) is 24.3 Å². The highest BCUT2D eigenvalue weighted by atomic mass is 16.4. The molecule has 0 aliphatic carbocycles. The number of rotatable bonds is 2. The monoisotopic (exact) mass is 289 g/mol. The van der Waals surface area contributed by atoms with Gasteiger partial charge >= 0.3 is 7.12 Å². The fraction of sp³-hybridized carbons (Fsp3) is 0. The van der Waals surface area contributed by atoms with Gasteiger partial charge in [-0.25, -0.2) is 0 Å². The van der Waals surface area contributed by atoms with Crippen molar-refractivity contribution in [3.63, 3.8) is 0 Å². The number of hydrogen-bond donors (Lipinski definition) is 2. The molecule has 2 aromatic carbocycles. The molecular formula is C17H12BNO3. The highest BCUT2D eigenvalue weighted by molar-refractivity contribution is 6.62. The Morgan fingerprint density at radius 2 is 1.64 bits per heavy atom. The zero-order valence-corrected chi connectivity index (χ0v) is 11.6. The molecule has 0 saturated carbocycles.